The molecule has 0 bridgehead atoms. The third-order valence-corrected chi connectivity index (χ3v) is 2.55. The SMILES string of the molecule is COC(=O)c1cc(C)nc(CBr)c1C(F)F. The molecular weight excluding hydrogens is 284 g/mol. The molecule has 1 aromatic heterocycles. The summed E-state index contributed by atoms with van der Waals surface area (Å²) in [5.74, 6) is -0.775. The standard InChI is InChI=1S/C10H10BrF2NO2/c1-5-3-6(10(15)16-2)8(9(12)13)7(4-11)14-5/h3,9H,4H2,1-2H3. The van der Waals surface area contributed by atoms with E-state index in [2.05, 4.69) is 25.7 Å². The van der Waals surface area contributed by atoms with Crippen LogP contribution in [0.3, 0.4) is 0 Å². The number of pyridine rings is 1. The highest BCUT2D eigenvalue weighted by atomic mass is 79.9. The monoisotopic (exact) mass is 293 g/mol. The lowest BCUT2D eigenvalue weighted by Gasteiger charge is -2.11. The average Bonchev–Trinajstić information content (AvgIpc) is 2.26. The van der Waals surface area contributed by atoms with Crippen molar-refractivity contribution in [2.75, 3.05) is 7.11 Å². The van der Waals surface area contributed by atoms with Crippen molar-refractivity contribution in [3.8, 4) is 0 Å². The van der Waals surface area contributed by atoms with E-state index < -0.39 is 12.4 Å². The van der Waals surface area contributed by atoms with Crippen molar-refractivity contribution in [3.05, 3.63) is 28.6 Å². The van der Waals surface area contributed by atoms with E-state index in [1.54, 1.807) is 6.92 Å². The second-order valence-corrected chi connectivity index (χ2v) is 3.66. The molecule has 0 spiro atoms. The van der Waals surface area contributed by atoms with Crippen LogP contribution in [0.4, 0.5) is 8.78 Å². The quantitative estimate of drug-likeness (QED) is 0.635. The van der Waals surface area contributed by atoms with E-state index in [1.807, 2.05) is 0 Å². The zero-order valence-electron chi connectivity index (χ0n) is 8.76. The molecule has 0 saturated carbocycles. The second kappa shape index (κ2) is 5.34. The van der Waals surface area contributed by atoms with Crippen LogP contribution in [-0.4, -0.2) is 18.1 Å². The van der Waals surface area contributed by atoms with Crippen LogP contribution in [0.15, 0.2) is 6.07 Å². The molecule has 0 aromatic carbocycles. The van der Waals surface area contributed by atoms with Gasteiger partial charge in [-0.05, 0) is 13.0 Å². The molecule has 6 heteroatoms. The van der Waals surface area contributed by atoms with Gasteiger partial charge in [0, 0.05) is 11.0 Å². The predicted octanol–water partition coefficient (Wildman–Crippen LogP) is 3.01. The number of alkyl halides is 3. The first-order valence-corrected chi connectivity index (χ1v) is 5.56. The Morgan fingerprint density at radius 3 is 2.69 bits per heavy atom. The van der Waals surface area contributed by atoms with Crippen LogP contribution in [-0.2, 0) is 10.1 Å². The van der Waals surface area contributed by atoms with E-state index in [9.17, 15) is 13.6 Å². The normalized spacial score (nSPS) is 10.6. The Morgan fingerprint density at radius 1 is 1.62 bits per heavy atom. The van der Waals surface area contributed by atoms with Crippen LogP contribution >= 0.6 is 15.9 Å². The zero-order chi connectivity index (χ0) is 12.3. The molecule has 16 heavy (non-hydrogen) atoms. The van der Waals surface area contributed by atoms with E-state index in [4.69, 9.17) is 0 Å². The first-order valence-electron chi connectivity index (χ1n) is 4.44. The van der Waals surface area contributed by atoms with Crippen LogP contribution in [0.1, 0.15) is 33.7 Å². The number of halogens is 3. The van der Waals surface area contributed by atoms with Crippen molar-refractivity contribution in [1.82, 2.24) is 4.98 Å². The van der Waals surface area contributed by atoms with Gasteiger partial charge in [0.25, 0.3) is 6.43 Å². The molecule has 0 aliphatic carbocycles. The largest absolute Gasteiger partial charge is 0.465 e. The molecule has 3 nitrogen and oxygen atoms in total. The Balaban J connectivity index is 3.44. The average molecular weight is 294 g/mol. The summed E-state index contributed by atoms with van der Waals surface area (Å²) < 4.78 is 30.1. The summed E-state index contributed by atoms with van der Waals surface area (Å²) >= 11 is 3.07. The smallest absolute Gasteiger partial charge is 0.338 e. The fraction of sp³-hybridized carbons (Fsp3) is 0.400. The topological polar surface area (TPSA) is 39.2 Å². The summed E-state index contributed by atoms with van der Waals surface area (Å²) in [5.41, 5.74) is 0.170. The lowest BCUT2D eigenvalue weighted by molar-refractivity contribution is 0.0588. The minimum atomic E-state index is -2.75. The van der Waals surface area contributed by atoms with Gasteiger partial charge in [-0.3, -0.25) is 4.98 Å². The first-order chi connectivity index (χ1) is 7.51. The van der Waals surface area contributed by atoms with Crippen LogP contribution in [0.25, 0.3) is 0 Å². The van der Waals surface area contributed by atoms with Crippen LogP contribution in [0.5, 0.6) is 0 Å². The molecule has 1 heterocycles. The number of nitrogens with zero attached hydrogens (tertiary/aromatic N) is 1. The van der Waals surface area contributed by atoms with Gasteiger partial charge in [0.1, 0.15) is 0 Å². The molecule has 88 valence electrons. The first kappa shape index (κ1) is 13.0. The molecule has 1 aromatic rings. The van der Waals surface area contributed by atoms with Gasteiger partial charge in [-0.15, -0.1) is 0 Å². The van der Waals surface area contributed by atoms with E-state index in [-0.39, 0.29) is 22.2 Å². The van der Waals surface area contributed by atoms with E-state index >= 15 is 0 Å². The Kier molecular flexibility index (Phi) is 4.35. The number of methoxy groups -OCH3 is 1. The summed E-state index contributed by atoms with van der Waals surface area (Å²) in [7, 11) is 1.15. The van der Waals surface area contributed by atoms with Crippen LogP contribution < -0.4 is 0 Å². The summed E-state index contributed by atoms with van der Waals surface area (Å²) in [4.78, 5) is 15.3. The van der Waals surface area contributed by atoms with Gasteiger partial charge < -0.3 is 4.74 Å². The maximum atomic E-state index is 12.8. The van der Waals surface area contributed by atoms with Gasteiger partial charge in [0.05, 0.1) is 23.9 Å². The zero-order valence-corrected chi connectivity index (χ0v) is 10.3. The fourth-order valence-electron chi connectivity index (χ4n) is 1.37. The Labute approximate surface area is 99.9 Å². The maximum absolute atomic E-state index is 12.8. The fourth-order valence-corrected chi connectivity index (χ4v) is 1.80. The van der Waals surface area contributed by atoms with Gasteiger partial charge in [0.15, 0.2) is 0 Å². The maximum Gasteiger partial charge on any atom is 0.338 e. The molecule has 0 aliphatic rings. The molecular formula is C10H10BrF2NO2. The number of aryl methyl sites for hydroxylation is 1. The number of hydrogen-bond donors (Lipinski definition) is 0. The van der Waals surface area contributed by atoms with Gasteiger partial charge in [0.2, 0.25) is 0 Å². The second-order valence-electron chi connectivity index (χ2n) is 3.10. The lowest BCUT2D eigenvalue weighted by Crippen LogP contribution is -2.11. The lowest BCUT2D eigenvalue weighted by atomic mass is 10.1. The molecule has 0 radical (unpaired) electrons. The third kappa shape index (κ3) is 2.55. The third-order valence-electron chi connectivity index (χ3n) is 2.02. The summed E-state index contributed by atoms with van der Waals surface area (Å²) in [6, 6.07) is 1.31. The molecule has 0 aliphatic heterocycles. The molecule has 0 fully saturated rings. The molecule has 0 atom stereocenters. The van der Waals surface area contributed by atoms with Crippen molar-refractivity contribution in [2.24, 2.45) is 0 Å². The van der Waals surface area contributed by atoms with Crippen molar-refractivity contribution in [1.29, 1.82) is 0 Å². The number of carbonyl (C=O) groups is 1. The minimum absolute atomic E-state index is 0.126. The highest BCUT2D eigenvalue weighted by molar-refractivity contribution is 9.08. The molecule has 1 rings (SSSR count). The van der Waals surface area contributed by atoms with Crippen LogP contribution in [0, 0.1) is 6.92 Å². The van der Waals surface area contributed by atoms with E-state index in [0.717, 1.165) is 7.11 Å². The molecule has 0 N–H and O–H groups in total. The Bertz CT molecular complexity index is 410. The Morgan fingerprint density at radius 2 is 2.25 bits per heavy atom. The summed E-state index contributed by atoms with van der Waals surface area (Å²) in [6.07, 6.45) is -2.75. The van der Waals surface area contributed by atoms with E-state index in [1.165, 1.54) is 6.07 Å². The summed E-state index contributed by atoms with van der Waals surface area (Å²) in [5, 5.41) is 0.165. The Hall–Kier alpha value is -1.04. The number of ether oxygens (including phenoxy) is 1. The minimum Gasteiger partial charge on any atom is -0.465 e. The summed E-state index contributed by atoms with van der Waals surface area (Å²) in [6.45, 7) is 1.63. The van der Waals surface area contributed by atoms with Crippen molar-refractivity contribution < 1.29 is 18.3 Å². The molecule has 0 amide bonds. The van der Waals surface area contributed by atoms with Gasteiger partial charge in [-0.2, -0.15) is 0 Å². The van der Waals surface area contributed by atoms with Crippen LogP contribution in [0.2, 0.25) is 0 Å². The number of esters is 1. The number of rotatable bonds is 3. The van der Waals surface area contributed by atoms with Crippen molar-refractivity contribution >= 4 is 21.9 Å². The number of aromatic nitrogens is 1. The highest BCUT2D eigenvalue weighted by Crippen LogP contribution is 2.28. The van der Waals surface area contributed by atoms with E-state index in [0.29, 0.717) is 5.69 Å². The van der Waals surface area contributed by atoms with Crippen molar-refractivity contribution in [2.45, 2.75) is 18.7 Å². The highest BCUT2D eigenvalue weighted by Gasteiger charge is 2.23. The predicted molar refractivity (Wildman–Crippen MR) is 57.9 cm³/mol. The van der Waals surface area contributed by atoms with Gasteiger partial charge >= 0.3 is 5.97 Å². The van der Waals surface area contributed by atoms with Gasteiger partial charge in [-0.1, -0.05) is 15.9 Å². The van der Waals surface area contributed by atoms with Crippen molar-refractivity contribution in [3.63, 3.8) is 0 Å². The number of hydrogen-bond acceptors (Lipinski definition) is 3. The molecule has 0 saturated heterocycles. The van der Waals surface area contributed by atoms with Gasteiger partial charge in [-0.25, -0.2) is 13.6 Å². The number of carbonyl (C=O) groups excluding carboxylic acids is 1. The molecule has 0 unspecified atom stereocenters.